The van der Waals surface area contributed by atoms with E-state index in [1.807, 2.05) is 24.6 Å². The van der Waals surface area contributed by atoms with Crippen molar-refractivity contribution in [3.8, 4) is 0 Å². The molecule has 1 unspecified atom stereocenters. The van der Waals surface area contributed by atoms with E-state index in [0.29, 0.717) is 12.5 Å². The van der Waals surface area contributed by atoms with Crippen LogP contribution in [0.15, 0.2) is 12.3 Å². The number of nitrogens with zero attached hydrogens (tertiary/aromatic N) is 3. The Morgan fingerprint density at radius 2 is 2.38 bits per heavy atom. The van der Waals surface area contributed by atoms with Crippen LogP contribution >= 0.6 is 0 Å². The van der Waals surface area contributed by atoms with E-state index in [-0.39, 0.29) is 18.6 Å². The molecule has 0 aliphatic carbocycles. The molecule has 0 spiro atoms. The van der Waals surface area contributed by atoms with Crippen molar-refractivity contribution in [2.75, 3.05) is 31.6 Å². The molecule has 0 saturated carbocycles. The van der Waals surface area contributed by atoms with E-state index in [1.165, 1.54) is 0 Å². The van der Waals surface area contributed by atoms with Gasteiger partial charge in [0.1, 0.15) is 5.82 Å². The molecule has 6 heteroatoms. The largest absolute Gasteiger partial charge is 0.396 e. The van der Waals surface area contributed by atoms with Crippen LogP contribution in [0.25, 0.3) is 0 Å². The highest BCUT2D eigenvalue weighted by Gasteiger charge is 2.21. The van der Waals surface area contributed by atoms with Crippen LogP contribution in [0.1, 0.15) is 39.2 Å². The van der Waals surface area contributed by atoms with Crippen molar-refractivity contribution in [3.63, 3.8) is 0 Å². The van der Waals surface area contributed by atoms with Crippen LogP contribution in [-0.4, -0.2) is 51.9 Å². The molecular formula is C15H26N4O2. The van der Waals surface area contributed by atoms with Gasteiger partial charge in [0.2, 0.25) is 5.91 Å². The summed E-state index contributed by atoms with van der Waals surface area (Å²) in [4.78, 5) is 14.4. The molecule has 1 aliphatic heterocycles. The normalized spacial score (nSPS) is 19.9. The summed E-state index contributed by atoms with van der Waals surface area (Å²) in [5.74, 6) is 1.26. The maximum absolute atomic E-state index is 12.2. The third-order valence-corrected chi connectivity index (χ3v) is 3.93. The summed E-state index contributed by atoms with van der Waals surface area (Å²) in [7, 11) is 0. The fourth-order valence-corrected chi connectivity index (χ4v) is 2.92. The smallest absolute Gasteiger partial charge is 0.239 e. The molecule has 2 rings (SSSR count). The highest BCUT2D eigenvalue weighted by molar-refractivity contribution is 5.91. The van der Waals surface area contributed by atoms with Crippen LogP contribution in [0.5, 0.6) is 0 Å². The van der Waals surface area contributed by atoms with Gasteiger partial charge in [-0.05, 0) is 45.6 Å². The van der Waals surface area contributed by atoms with E-state index in [9.17, 15) is 4.79 Å². The highest BCUT2D eigenvalue weighted by atomic mass is 16.3. The first-order valence-electron chi connectivity index (χ1n) is 7.76. The number of aromatic nitrogens is 2. The summed E-state index contributed by atoms with van der Waals surface area (Å²) in [6.07, 6.45) is 4.78. The number of carbonyl (C=O) groups excluding carboxylic acids is 1. The first-order valence-corrected chi connectivity index (χ1v) is 7.76. The maximum Gasteiger partial charge on any atom is 0.239 e. The highest BCUT2D eigenvalue weighted by Crippen LogP contribution is 2.19. The molecule has 0 aromatic carbocycles. The minimum absolute atomic E-state index is 0.00190. The Hall–Kier alpha value is -1.40. The van der Waals surface area contributed by atoms with Crippen molar-refractivity contribution >= 4 is 11.7 Å². The number of anilines is 1. The standard InChI is InChI=1S/C15H26N4O2/c1-12(2)19-14(5-7-16-19)17-15(21)11-18-8-3-4-13(10-18)6-9-20/h5,7,12-13,20H,3-4,6,8-11H2,1-2H3,(H,17,21). The quantitative estimate of drug-likeness (QED) is 0.834. The Labute approximate surface area is 126 Å². The van der Waals surface area contributed by atoms with Crippen LogP contribution in [0.2, 0.25) is 0 Å². The van der Waals surface area contributed by atoms with Gasteiger partial charge in [-0.3, -0.25) is 9.69 Å². The topological polar surface area (TPSA) is 70.4 Å². The second-order valence-electron chi connectivity index (χ2n) is 6.06. The molecule has 1 aromatic heterocycles. The van der Waals surface area contributed by atoms with Gasteiger partial charge in [0.25, 0.3) is 0 Å². The summed E-state index contributed by atoms with van der Waals surface area (Å²) in [6.45, 7) is 6.57. The van der Waals surface area contributed by atoms with Crippen molar-refractivity contribution in [2.45, 2.75) is 39.2 Å². The average molecular weight is 294 g/mol. The van der Waals surface area contributed by atoms with Crippen LogP contribution in [-0.2, 0) is 4.79 Å². The zero-order valence-electron chi connectivity index (χ0n) is 13.0. The molecule has 1 aliphatic rings. The van der Waals surface area contributed by atoms with Crippen molar-refractivity contribution in [1.82, 2.24) is 14.7 Å². The number of likely N-dealkylation sites (tertiary alicyclic amines) is 1. The Morgan fingerprint density at radius 3 is 3.10 bits per heavy atom. The zero-order chi connectivity index (χ0) is 15.2. The van der Waals surface area contributed by atoms with Gasteiger partial charge in [-0.2, -0.15) is 5.10 Å². The first kappa shape index (κ1) is 16.0. The number of rotatable bonds is 6. The fourth-order valence-electron chi connectivity index (χ4n) is 2.92. The number of nitrogens with one attached hydrogen (secondary N) is 1. The molecule has 1 aromatic rings. The van der Waals surface area contributed by atoms with Crippen molar-refractivity contribution < 1.29 is 9.90 Å². The molecule has 1 saturated heterocycles. The molecule has 118 valence electrons. The summed E-state index contributed by atoms with van der Waals surface area (Å²) < 4.78 is 1.81. The van der Waals surface area contributed by atoms with Crippen LogP contribution in [0.4, 0.5) is 5.82 Å². The first-order chi connectivity index (χ1) is 10.1. The lowest BCUT2D eigenvalue weighted by molar-refractivity contribution is -0.117. The van der Waals surface area contributed by atoms with E-state index >= 15 is 0 Å². The van der Waals surface area contributed by atoms with Gasteiger partial charge >= 0.3 is 0 Å². The molecule has 1 amide bonds. The molecule has 1 atom stereocenters. The van der Waals surface area contributed by atoms with E-state index < -0.39 is 0 Å². The Morgan fingerprint density at radius 1 is 1.57 bits per heavy atom. The molecular weight excluding hydrogens is 268 g/mol. The van der Waals surface area contributed by atoms with E-state index in [1.54, 1.807) is 6.20 Å². The van der Waals surface area contributed by atoms with Crippen LogP contribution in [0.3, 0.4) is 0 Å². The Kier molecular flexibility index (Phi) is 5.76. The van der Waals surface area contributed by atoms with Gasteiger partial charge < -0.3 is 10.4 Å². The summed E-state index contributed by atoms with van der Waals surface area (Å²) in [5.41, 5.74) is 0. The third-order valence-electron chi connectivity index (χ3n) is 3.93. The van der Waals surface area contributed by atoms with Crippen molar-refractivity contribution in [3.05, 3.63) is 12.3 Å². The molecule has 2 N–H and O–H groups in total. The zero-order valence-corrected chi connectivity index (χ0v) is 13.0. The predicted octanol–water partition coefficient (Wildman–Crippen LogP) is 1.50. The monoisotopic (exact) mass is 294 g/mol. The van der Waals surface area contributed by atoms with Gasteiger partial charge in [-0.1, -0.05) is 0 Å². The van der Waals surface area contributed by atoms with E-state index in [4.69, 9.17) is 5.11 Å². The molecule has 21 heavy (non-hydrogen) atoms. The molecule has 1 fully saturated rings. The number of aliphatic hydroxyl groups is 1. The summed E-state index contributed by atoms with van der Waals surface area (Å²) >= 11 is 0. The minimum atomic E-state index is 0.00190. The van der Waals surface area contributed by atoms with Crippen molar-refractivity contribution in [1.29, 1.82) is 0 Å². The van der Waals surface area contributed by atoms with E-state index in [0.717, 1.165) is 38.2 Å². The second-order valence-corrected chi connectivity index (χ2v) is 6.06. The lowest BCUT2D eigenvalue weighted by Crippen LogP contribution is -2.40. The molecule has 0 bridgehead atoms. The summed E-state index contributed by atoms with van der Waals surface area (Å²) in [6, 6.07) is 2.04. The lowest BCUT2D eigenvalue weighted by Gasteiger charge is -2.31. The van der Waals surface area contributed by atoms with Gasteiger partial charge in [-0.15, -0.1) is 0 Å². The van der Waals surface area contributed by atoms with Gasteiger partial charge in [0.05, 0.1) is 12.7 Å². The summed E-state index contributed by atoms with van der Waals surface area (Å²) in [5, 5.41) is 16.2. The van der Waals surface area contributed by atoms with Crippen molar-refractivity contribution in [2.24, 2.45) is 5.92 Å². The molecule has 2 heterocycles. The average Bonchev–Trinajstić information content (AvgIpc) is 2.87. The maximum atomic E-state index is 12.2. The predicted molar refractivity (Wildman–Crippen MR) is 82.1 cm³/mol. The van der Waals surface area contributed by atoms with Crippen LogP contribution < -0.4 is 5.32 Å². The Bertz CT molecular complexity index is 456. The fraction of sp³-hybridized carbons (Fsp3) is 0.733. The molecule has 0 radical (unpaired) electrons. The number of carbonyl (C=O) groups is 1. The van der Waals surface area contributed by atoms with E-state index in [2.05, 4.69) is 15.3 Å². The molecule has 6 nitrogen and oxygen atoms in total. The second kappa shape index (κ2) is 7.56. The van der Waals surface area contributed by atoms with Gasteiger partial charge in [-0.25, -0.2) is 4.68 Å². The third kappa shape index (κ3) is 4.54. The van der Waals surface area contributed by atoms with Gasteiger partial charge in [0, 0.05) is 25.3 Å². The number of piperidine rings is 1. The number of amides is 1. The number of hydrogen-bond acceptors (Lipinski definition) is 4. The SMILES string of the molecule is CC(C)n1nccc1NC(=O)CN1CCCC(CCO)C1. The number of aliphatic hydroxyl groups excluding tert-OH is 1. The van der Waals surface area contributed by atoms with Crippen LogP contribution in [0, 0.1) is 5.92 Å². The Balaban J connectivity index is 1.85. The lowest BCUT2D eigenvalue weighted by atomic mass is 9.95. The number of hydrogen-bond donors (Lipinski definition) is 2. The minimum Gasteiger partial charge on any atom is -0.396 e. The van der Waals surface area contributed by atoms with Gasteiger partial charge in [0.15, 0.2) is 0 Å².